The zero-order chi connectivity index (χ0) is 19.1. The lowest BCUT2D eigenvalue weighted by Gasteiger charge is -2.24. The third-order valence-electron chi connectivity index (χ3n) is 4.71. The van der Waals surface area contributed by atoms with Gasteiger partial charge >= 0.3 is 5.69 Å². The zero-order valence-electron chi connectivity index (χ0n) is 14.4. The molecule has 0 bridgehead atoms. The van der Waals surface area contributed by atoms with Crippen molar-refractivity contribution in [3.63, 3.8) is 0 Å². The Hall–Kier alpha value is -3.68. The van der Waals surface area contributed by atoms with E-state index in [4.69, 9.17) is 0 Å². The molecule has 2 heterocycles. The summed E-state index contributed by atoms with van der Waals surface area (Å²) in [4.78, 5) is 54.1. The minimum atomic E-state index is -0.766. The number of benzene rings is 2. The summed E-state index contributed by atoms with van der Waals surface area (Å²) in [5, 5.41) is 4.41. The standard InChI is InChI=1S/C19H16N4O4/c1-10(16(24)20-8-12-9-21-19(27)22-17(12)25)23-14-7-3-5-11-4-2-6-13(15(11)14)18(23)26/h2-7,9-10H,8H2,1H3,(H,20,24)(H2,21,22,25,27)/t10-/m1/s1. The maximum atomic E-state index is 12.8. The van der Waals surface area contributed by atoms with Gasteiger partial charge in [0.25, 0.3) is 11.5 Å². The van der Waals surface area contributed by atoms with Crippen molar-refractivity contribution in [1.82, 2.24) is 15.3 Å². The highest BCUT2D eigenvalue weighted by Gasteiger charge is 2.35. The van der Waals surface area contributed by atoms with Gasteiger partial charge in [0.2, 0.25) is 5.91 Å². The number of anilines is 1. The molecule has 1 aliphatic rings. The molecule has 0 aliphatic carbocycles. The number of H-pyrrole nitrogens is 2. The van der Waals surface area contributed by atoms with Crippen molar-refractivity contribution in [2.24, 2.45) is 0 Å². The Kier molecular flexibility index (Phi) is 3.88. The van der Waals surface area contributed by atoms with Crippen LogP contribution < -0.4 is 21.5 Å². The van der Waals surface area contributed by atoms with E-state index < -0.39 is 23.2 Å². The second-order valence-corrected chi connectivity index (χ2v) is 6.35. The van der Waals surface area contributed by atoms with Crippen molar-refractivity contribution in [2.45, 2.75) is 19.5 Å². The van der Waals surface area contributed by atoms with Gasteiger partial charge in [-0.2, -0.15) is 0 Å². The third kappa shape index (κ3) is 2.71. The molecule has 0 fully saturated rings. The first-order chi connectivity index (χ1) is 13.0. The van der Waals surface area contributed by atoms with Crippen LogP contribution in [0.25, 0.3) is 10.8 Å². The van der Waals surface area contributed by atoms with Gasteiger partial charge in [0.1, 0.15) is 6.04 Å². The minimum absolute atomic E-state index is 0.0610. The lowest BCUT2D eigenvalue weighted by atomic mass is 10.1. The summed E-state index contributed by atoms with van der Waals surface area (Å²) in [6.07, 6.45) is 1.25. The SMILES string of the molecule is C[C@H](C(=O)NCc1c[nH]c(=O)[nH]c1=O)N1C(=O)c2cccc3cccc1c23. The summed E-state index contributed by atoms with van der Waals surface area (Å²) >= 11 is 0. The van der Waals surface area contributed by atoms with E-state index >= 15 is 0 Å². The number of nitrogens with one attached hydrogen (secondary N) is 3. The van der Waals surface area contributed by atoms with Gasteiger partial charge in [-0.15, -0.1) is 0 Å². The Morgan fingerprint density at radius 1 is 1.15 bits per heavy atom. The predicted octanol–water partition coefficient (Wildman–Crippen LogP) is 0.882. The number of aromatic nitrogens is 2. The Morgan fingerprint density at radius 3 is 2.63 bits per heavy atom. The van der Waals surface area contributed by atoms with Gasteiger partial charge in [-0.3, -0.25) is 24.3 Å². The first-order valence-electron chi connectivity index (χ1n) is 8.41. The maximum Gasteiger partial charge on any atom is 0.325 e. The van der Waals surface area contributed by atoms with E-state index in [2.05, 4.69) is 15.3 Å². The second kappa shape index (κ2) is 6.24. The fourth-order valence-corrected chi connectivity index (χ4v) is 3.34. The number of nitrogens with zero attached hydrogens (tertiary/aromatic N) is 1. The summed E-state index contributed by atoms with van der Waals surface area (Å²) in [5.74, 6) is -0.634. The zero-order valence-corrected chi connectivity index (χ0v) is 14.4. The fourth-order valence-electron chi connectivity index (χ4n) is 3.34. The molecule has 0 radical (unpaired) electrons. The van der Waals surface area contributed by atoms with Crippen LogP contribution in [0.15, 0.2) is 52.2 Å². The van der Waals surface area contributed by atoms with Crippen LogP contribution in [0.5, 0.6) is 0 Å². The summed E-state index contributed by atoms with van der Waals surface area (Å²) in [6, 6.07) is 10.3. The number of carbonyl (C=O) groups excluding carboxylic acids is 2. The van der Waals surface area contributed by atoms with E-state index in [1.165, 1.54) is 11.1 Å². The molecule has 4 rings (SSSR count). The van der Waals surface area contributed by atoms with Crippen molar-refractivity contribution >= 4 is 28.3 Å². The van der Waals surface area contributed by atoms with Crippen molar-refractivity contribution in [3.8, 4) is 0 Å². The number of hydrogen-bond acceptors (Lipinski definition) is 4. The summed E-state index contributed by atoms with van der Waals surface area (Å²) in [6.45, 7) is 1.57. The minimum Gasteiger partial charge on any atom is -0.350 e. The van der Waals surface area contributed by atoms with Gasteiger partial charge in [-0.1, -0.05) is 24.3 Å². The molecule has 0 unspecified atom stereocenters. The highest BCUT2D eigenvalue weighted by Crippen LogP contribution is 2.38. The molecule has 2 amide bonds. The number of rotatable bonds is 4. The van der Waals surface area contributed by atoms with Crippen LogP contribution in [0.1, 0.15) is 22.8 Å². The van der Waals surface area contributed by atoms with E-state index in [0.29, 0.717) is 11.3 Å². The lowest BCUT2D eigenvalue weighted by molar-refractivity contribution is -0.122. The predicted molar refractivity (Wildman–Crippen MR) is 99.7 cm³/mol. The molecular formula is C19H16N4O4. The molecule has 1 aromatic heterocycles. The van der Waals surface area contributed by atoms with E-state index in [0.717, 1.165) is 10.8 Å². The molecule has 2 aromatic carbocycles. The monoisotopic (exact) mass is 364 g/mol. The molecule has 136 valence electrons. The average molecular weight is 364 g/mol. The van der Waals surface area contributed by atoms with E-state index in [9.17, 15) is 19.2 Å². The largest absolute Gasteiger partial charge is 0.350 e. The molecule has 0 saturated carbocycles. The third-order valence-corrected chi connectivity index (χ3v) is 4.71. The second-order valence-electron chi connectivity index (χ2n) is 6.35. The molecule has 1 aliphatic heterocycles. The van der Waals surface area contributed by atoms with Gasteiger partial charge < -0.3 is 10.3 Å². The number of hydrogen-bond donors (Lipinski definition) is 3. The average Bonchev–Trinajstić information content (AvgIpc) is 2.94. The van der Waals surface area contributed by atoms with Gasteiger partial charge in [0, 0.05) is 23.7 Å². The molecular weight excluding hydrogens is 348 g/mol. The topological polar surface area (TPSA) is 115 Å². The van der Waals surface area contributed by atoms with Crippen LogP contribution >= 0.6 is 0 Å². The highest BCUT2D eigenvalue weighted by molar-refractivity contribution is 6.26. The molecule has 1 atom stereocenters. The quantitative estimate of drug-likeness (QED) is 0.637. The first-order valence-corrected chi connectivity index (χ1v) is 8.41. The van der Waals surface area contributed by atoms with Crippen LogP contribution in [-0.2, 0) is 11.3 Å². The molecule has 8 heteroatoms. The van der Waals surface area contributed by atoms with Gasteiger partial charge in [-0.25, -0.2) is 4.79 Å². The lowest BCUT2D eigenvalue weighted by Crippen LogP contribution is -2.47. The van der Waals surface area contributed by atoms with Crippen molar-refractivity contribution in [2.75, 3.05) is 4.90 Å². The summed E-state index contributed by atoms with van der Waals surface area (Å²) in [5.41, 5.74) is 0.295. The van der Waals surface area contributed by atoms with Gasteiger partial charge in [0.05, 0.1) is 11.3 Å². The van der Waals surface area contributed by atoms with E-state index in [-0.39, 0.29) is 18.0 Å². The highest BCUT2D eigenvalue weighted by atomic mass is 16.2. The van der Waals surface area contributed by atoms with Gasteiger partial charge in [-0.05, 0) is 24.4 Å². The summed E-state index contributed by atoms with van der Waals surface area (Å²) < 4.78 is 0. The molecule has 0 spiro atoms. The van der Waals surface area contributed by atoms with E-state index in [1.54, 1.807) is 13.0 Å². The molecule has 27 heavy (non-hydrogen) atoms. The molecule has 0 saturated heterocycles. The maximum absolute atomic E-state index is 12.8. The van der Waals surface area contributed by atoms with E-state index in [1.807, 2.05) is 30.3 Å². The van der Waals surface area contributed by atoms with Crippen molar-refractivity contribution < 1.29 is 9.59 Å². The molecule has 8 nitrogen and oxygen atoms in total. The van der Waals surface area contributed by atoms with Crippen LogP contribution in [0.2, 0.25) is 0 Å². The Morgan fingerprint density at radius 2 is 1.89 bits per heavy atom. The Balaban J connectivity index is 1.58. The Labute approximate surface area is 152 Å². The Bertz CT molecular complexity index is 1190. The first kappa shape index (κ1) is 16.8. The normalized spacial score (nSPS) is 13.8. The van der Waals surface area contributed by atoms with Crippen molar-refractivity contribution in [1.29, 1.82) is 0 Å². The van der Waals surface area contributed by atoms with Gasteiger partial charge in [0.15, 0.2) is 0 Å². The number of amides is 2. The van der Waals surface area contributed by atoms with Crippen LogP contribution in [0.4, 0.5) is 5.69 Å². The summed E-state index contributed by atoms with van der Waals surface area (Å²) in [7, 11) is 0. The van der Waals surface area contributed by atoms with Crippen LogP contribution in [0.3, 0.4) is 0 Å². The molecule has 3 aromatic rings. The number of carbonyl (C=O) groups is 2. The van der Waals surface area contributed by atoms with Crippen molar-refractivity contribution in [3.05, 3.63) is 74.6 Å². The van der Waals surface area contributed by atoms with Crippen LogP contribution in [-0.4, -0.2) is 27.8 Å². The molecule has 3 N–H and O–H groups in total. The fraction of sp³-hybridized carbons (Fsp3) is 0.158. The smallest absolute Gasteiger partial charge is 0.325 e. The van der Waals surface area contributed by atoms with Crippen LogP contribution in [0, 0.1) is 0 Å². The number of aromatic amines is 2.